The summed E-state index contributed by atoms with van der Waals surface area (Å²) in [6.07, 6.45) is 1.86. The van der Waals surface area contributed by atoms with Crippen LogP contribution in [0.2, 0.25) is 0 Å². The average molecular weight is 307 g/mol. The monoisotopic (exact) mass is 307 g/mol. The number of benzene rings is 1. The van der Waals surface area contributed by atoms with Gasteiger partial charge in [-0.1, -0.05) is 30.3 Å². The Bertz CT molecular complexity index is 487. The first-order chi connectivity index (χ1) is 10.6. The van der Waals surface area contributed by atoms with Crippen molar-refractivity contribution in [2.45, 2.75) is 31.9 Å². The van der Waals surface area contributed by atoms with Crippen LogP contribution in [0.5, 0.6) is 0 Å². The van der Waals surface area contributed by atoms with Crippen LogP contribution in [0.3, 0.4) is 0 Å². The van der Waals surface area contributed by atoms with Gasteiger partial charge in [-0.25, -0.2) is 9.59 Å². The van der Waals surface area contributed by atoms with E-state index in [0.717, 1.165) is 5.56 Å². The van der Waals surface area contributed by atoms with E-state index < -0.39 is 18.1 Å². The van der Waals surface area contributed by atoms with Crippen LogP contribution in [-0.4, -0.2) is 36.4 Å². The zero-order valence-electron chi connectivity index (χ0n) is 12.4. The molecule has 0 aliphatic heterocycles. The lowest BCUT2D eigenvalue weighted by molar-refractivity contribution is -0.139. The van der Waals surface area contributed by atoms with Crippen molar-refractivity contribution < 1.29 is 24.2 Å². The number of carbonyl (C=O) groups excluding carboxylic acids is 1. The molecule has 1 aliphatic rings. The van der Waals surface area contributed by atoms with E-state index in [-0.39, 0.29) is 13.0 Å². The highest BCUT2D eigenvalue weighted by molar-refractivity contribution is 5.79. The minimum atomic E-state index is -1.09. The quantitative estimate of drug-likeness (QED) is 0.683. The number of ether oxygens (including phenoxy) is 2. The predicted molar refractivity (Wildman–Crippen MR) is 79.3 cm³/mol. The first kappa shape index (κ1) is 16.3. The molecule has 1 fully saturated rings. The van der Waals surface area contributed by atoms with Crippen LogP contribution in [0.1, 0.15) is 24.8 Å². The molecular weight excluding hydrogens is 286 g/mol. The van der Waals surface area contributed by atoms with E-state index in [2.05, 4.69) is 5.32 Å². The topological polar surface area (TPSA) is 84.9 Å². The summed E-state index contributed by atoms with van der Waals surface area (Å²) in [6, 6.07) is 8.21. The van der Waals surface area contributed by atoms with E-state index in [1.807, 2.05) is 30.3 Å². The highest BCUT2D eigenvalue weighted by Crippen LogP contribution is 2.28. The highest BCUT2D eigenvalue weighted by Gasteiger charge is 2.23. The van der Waals surface area contributed by atoms with E-state index in [1.54, 1.807) is 0 Å². The van der Waals surface area contributed by atoms with Gasteiger partial charge in [0.2, 0.25) is 0 Å². The second kappa shape index (κ2) is 8.38. The van der Waals surface area contributed by atoms with Crippen LogP contribution in [0, 0.1) is 5.92 Å². The number of carbonyl (C=O) groups is 2. The third-order valence-electron chi connectivity index (χ3n) is 3.40. The summed E-state index contributed by atoms with van der Waals surface area (Å²) in [7, 11) is 0. The molecule has 1 saturated carbocycles. The summed E-state index contributed by atoms with van der Waals surface area (Å²) in [5, 5.41) is 11.5. The van der Waals surface area contributed by atoms with Gasteiger partial charge >= 0.3 is 12.1 Å². The van der Waals surface area contributed by atoms with Crippen molar-refractivity contribution in [1.29, 1.82) is 0 Å². The van der Waals surface area contributed by atoms with Crippen LogP contribution >= 0.6 is 0 Å². The molecule has 1 unspecified atom stereocenters. The number of carboxylic acids is 1. The van der Waals surface area contributed by atoms with Crippen LogP contribution in [0.4, 0.5) is 4.79 Å². The maximum absolute atomic E-state index is 11.6. The third-order valence-corrected chi connectivity index (χ3v) is 3.40. The number of aliphatic carboxylic acids is 1. The van der Waals surface area contributed by atoms with Crippen LogP contribution < -0.4 is 5.32 Å². The molecule has 0 bridgehead atoms. The van der Waals surface area contributed by atoms with Gasteiger partial charge in [-0.05, 0) is 24.3 Å². The molecule has 0 aromatic heterocycles. The summed E-state index contributed by atoms with van der Waals surface area (Å²) >= 11 is 0. The number of carboxylic acid groups (broad SMARTS) is 1. The minimum Gasteiger partial charge on any atom is -0.480 e. The fourth-order valence-corrected chi connectivity index (χ4v) is 1.90. The molecule has 120 valence electrons. The maximum Gasteiger partial charge on any atom is 0.408 e. The highest BCUT2D eigenvalue weighted by atomic mass is 16.5. The largest absolute Gasteiger partial charge is 0.480 e. The summed E-state index contributed by atoms with van der Waals surface area (Å²) < 4.78 is 10.4. The lowest BCUT2D eigenvalue weighted by Gasteiger charge is -2.14. The molecule has 0 saturated heterocycles. The van der Waals surface area contributed by atoms with E-state index in [1.165, 1.54) is 12.8 Å². The molecule has 1 aliphatic carbocycles. The molecule has 1 amide bonds. The third kappa shape index (κ3) is 6.13. The minimum absolute atomic E-state index is 0.108. The molecule has 1 atom stereocenters. The number of hydrogen-bond acceptors (Lipinski definition) is 4. The second-order valence-corrected chi connectivity index (χ2v) is 5.40. The Hall–Kier alpha value is -2.08. The Balaban J connectivity index is 1.67. The normalized spacial score (nSPS) is 15.1. The Morgan fingerprint density at radius 1 is 1.27 bits per heavy atom. The summed E-state index contributed by atoms with van der Waals surface area (Å²) in [4.78, 5) is 22.8. The molecule has 2 rings (SSSR count). The predicted octanol–water partition coefficient (Wildman–Crippen LogP) is 2.18. The van der Waals surface area contributed by atoms with Gasteiger partial charge < -0.3 is 19.9 Å². The fraction of sp³-hybridized carbons (Fsp3) is 0.500. The zero-order valence-corrected chi connectivity index (χ0v) is 12.4. The van der Waals surface area contributed by atoms with Crippen molar-refractivity contribution >= 4 is 12.1 Å². The standard InChI is InChI=1S/C16H21NO5/c18-15(19)14(8-9-21-10-13-6-7-13)17-16(20)22-11-12-4-2-1-3-5-12/h1-5,13-14H,6-11H2,(H,17,20)(H,18,19). The molecule has 6 heteroatoms. The molecule has 0 heterocycles. The van der Waals surface area contributed by atoms with Crippen LogP contribution in [0.25, 0.3) is 0 Å². The van der Waals surface area contributed by atoms with Crippen molar-refractivity contribution in [1.82, 2.24) is 5.32 Å². The SMILES string of the molecule is O=C(NC(CCOCC1CC1)C(=O)O)OCc1ccccc1. The van der Waals surface area contributed by atoms with Gasteiger partial charge in [0.1, 0.15) is 12.6 Å². The number of hydrogen-bond donors (Lipinski definition) is 2. The summed E-state index contributed by atoms with van der Waals surface area (Å²) in [5.74, 6) is -0.459. The Morgan fingerprint density at radius 3 is 2.64 bits per heavy atom. The molecule has 0 radical (unpaired) electrons. The number of nitrogens with one attached hydrogen (secondary N) is 1. The van der Waals surface area contributed by atoms with Crippen LogP contribution in [0.15, 0.2) is 30.3 Å². The van der Waals surface area contributed by atoms with Crippen molar-refractivity contribution in [2.24, 2.45) is 5.92 Å². The van der Waals surface area contributed by atoms with Gasteiger partial charge in [-0.15, -0.1) is 0 Å². The molecular formula is C16H21NO5. The molecule has 1 aromatic rings. The first-order valence-corrected chi connectivity index (χ1v) is 7.43. The summed E-state index contributed by atoms with van der Waals surface area (Å²) in [6.45, 7) is 1.09. The second-order valence-electron chi connectivity index (χ2n) is 5.40. The van der Waals surface area contributed by atoms with Gasteiger partial charge in [0, 0.05) is 19.6 Å². The van der Waals surface area contributed by atoms with Crippen molar-refractivity contribution in [2.75, 3.05) is 13.2 Å². The van der Waals surface area contributed by atoms with Crippen molar-refractivity contribution in [3.05, 3.63) is 35.9 Å². The Morgan fingerprint density at radius 2 is 2.00 bits per heavy atom. The van der Waals surface area contributed by atoms with Gasteiger partial charge in [-0.3, -0.25) is 0 Å². The van der Waals surface area contributed by atoms with E-state index in [0.29, 0.717) is 19.1 Å². The maximum atomic E-state index is 11.6. The molecule has 6 nitrogen and oxygen atoms in total. The van der Waals surface area contributed by atoms with E-state index >= 15 is 0 Å². The Kier molecular flexibility index (Phi) is 6.21. The smallest absolute Gasteiger partial charge is 0.408 e. The van der Waals surface area contributed by atoms with Gasteiger partial charge in [-0.2, -0.15) is 0 Å². The summed E-state index contributed by atoms with van der Waals surface area (Å²) in [5.41, 5.74) is 0.845. The number of amides is 1. The van der Waals surface area contributed by atoms with Crippen LogP contribution in [-0.2, 0) is 20.9 Å². The fourth-order valence-electron chi connectivity index (χ4n) is 1.90. The zero-order chi connectivity index (χ0) is 15.8. The van der Waals surface area contributed by atoms with E-state index in [9.17, 15) is 9.59 Å². The molecule has 22 heavy (non-hydrogen) atoms. The molecule has 2 N–H and O–H groups in total. The number of alkyl carbamates (subject to hydrolysis) is 1. The van der Waals surface area contributed by atoms with Gasteiger partial charge in [0.15, 0.2) is 0 Å². The molecule has 0 spiro atoms. The Labute approximate surface area is 129 Å². The lowest BCUT2D eigenvalue weighted by atomic mass is 10.2. The van der Waals surface area contributed by atoms with Crippen molar-refractivity contribution in [3.8, 4) is 0 Å². The van der Waals surface area contributed by atoms with Gasteiger partial charge in [0.05, 0.1) is 0 Å². The lowest BCUT2D eigenvalue weighted by Crippen LogP contribution is -2.41. The van der Waals surface area contributed by atoms with Gasteiger partial charge in [0.25, 0.3) is 0 Å². The average Bonchev–Trinajstić information content (AvgIpc) is 3.33. The van der Waals surface area contributed by atoms with Crippen molar-refractivity contribution in [3.63, 3.8) is 0 Å². The first-order valence-electron chi connectivity index (χ1n) is 7.43. The molecule has 1 aromatic carbocycles. The number of rotatable bonds is 9. The van der Waals surface area contributed by atoms with E-state index in [4.69, 9.17) is 14.6 Å².